The molecule has 0 bridgehead atoms. The van der Waals surface area contributed by atoms with Crippen LogP contribution >= 0.6 is 11.6 Å². The third-order valence-corrected chi connectivity index (χ3v) is 5.04. The van der Waals surface area contributed by atoms with Crippen LogP contribution in [-0.4, -0.2) is 14.5 Å². The molecule has 0 amide bonds. The predicted molar refractivity (Wildman–Crippen MR) is 105 cm³/mol. The van der Waals surface area contributed by atoms with Crippen LogP contribution in [0.15, 0.2) is 73.1 Å². The maximum atomic E-state index is 14.8. The van der Waals surface area contributed by atoms with Gasteiger partial charge in [-0.15, -0.1) is 0 Å². The first-order valence-electron chi connectivity index (χ1n) is 8.52. The number of nitrogens with one attached hydrogen (secondary N) is 1. The van der Waals surface area contributed by atoms with Crippen molar-refractivity contribution in [2.45, 2.75) is 6.04 Å². The zero-order valence-corrected chi connectivity index (χ0v) is 14.9. The van der Waals surface area contributed by atoms with E-state index < -0.39 is 6.04 Å². The average Bonchev–Trinajstić information content (AvgIpc) is 3.07. The largest absolute Gasteiger partial charge is 0.325 e. The Hall–Kier alpha value is -3.18. The molecular formula is C21H14ClFN4. The van der Waals surface area contributed by atoms with E-state index in [2.05, 4.69) is 15.3 Å². The minimum atomic E-state index is -0.433. The van der Waals surface area contributed by atoms with E-state index in [0.717, 1.165) is 22.3 Å². The number of imidazole rings is 1. The molecule has 0 saturated carbocycles. The SMILES string of the molecule is Fc1cccc(Cl)c1C1C=C(c2cccnc2)Nc2nc3ccccc3n21. The van der Waals surface area contributed by atoms with E-state index in [1.807, 2.05) is 47.0 Å². The number of halogens is 2. The third-order valence-electron chi connectivity index (χ3n) is 4.71. The van der Waals surface area contributed by atoms with Crippen LogP contribution in [0.2, 0.25) is 5.02 Å². The summed E-state index contributed by atoms with van der Waals surface area (Å²) in [4.78, 5) is 8.87. The lowest BCUT2D eigenvalue weighted by atomic mass is 10.0. The van der Waals surface area contributed by atoms with E-state index >= 15 is 0 Å². The van der Waals surface area contributed by atoms with Gasteiger partial charge in [0.25, 0.3) is 0 Å². The molecule has 0 spiro atoms. The molecule has 0 fully saturated rings. The van der Waals surface area contributed by atoms with Crippen LogP contribution < -0.4 is 5.32 Å². The van der Waals surface area contributed by atoms with Crippen molar-refractivity contribution in [1.82, 2.24) is 14.5 Å². The van der Waals surface area contributed by atoms with Crippen LogP contribution in [0.1, 0.15) is 17.2 Å². The Kier molecular flexibility index (Phi) is 3.69. The van der Waals surface area contributed by atoms with Crippen molar-refractivity contribution in [1.29, 1.82) is 0 Å². The van der Waals surface area contributed by atoms with Crippen molar-refractivity contribution in [3.05, 3.63) is 95.0 Å². The molecule has 3 heterocycles. The normalized spacial score (nSPS) is 15.9. The minimum absolute atomic E-state index is 0.347. The first kappa shape index (κ1) is 16.0. The molecule has 0 aliphatic carbocycles. The number of hydrogen-bond donors (Lipinski definition) is 1. The maximum Gasteiger partial charge on any atom is 0.209 e. The van der Waals surface area contributed by atoms with Gasteiger partial charge >= 0.3 is 0 Å². The van der Waals surface area contributed by atoms with Crippen LogP contribution in [-0.2, 0) is 0 Å². The van der Waals surface area contributed by atoms with Crippen molar-refractivity contribution in [3.8, 4) is 0 Å². The van der Waals surface area contributed by atoms with Gasteiger partial charge in [-0.05, 0) is 42.5 Å². The lowest BCUT2D eigenvalue weighted by Gasteiger charge is -2.27. The summed E-state index contributed by atoms with van der Waals surface area (Å²) in [7, 11) is 0. The van der Waals surface area contributed by atoms with Crippen LogP contribution in [0.25, 0.3) is 16.7 Å². The number of fused-ring (bicyclic) bond motifs is 3. The molecule has 1 aliphatic heterocycles. The summed E-state index contributed by atoms with van der Waals surface area (Å²) < 4.78 is 16.8. The van der Waals surface area contributed by atoms with E-state index in [-0.39, 0.29) is 5.82 Å². The molecule has 1 N–H and O–H groups in total. The van der Waals surface area contributed by atoms with E-state index in [4.69, 9.17) is 11.6 Å². The van der Waals surface area contributed by atoms with E-state index in [9.17, 15) is 4.39 Å². The number of benzene rings is 2. The number of rotatable bonds is 2. The highest BCUT2D eigenvalue weighted by atomic mass is 35.5. The molecule has 1 aliphatic rings. The van der Waals surface area contributed by atoms with Crippen LogP contribution in [0.3, 0.4) is 0 Å². The Bertz CT molecular complexity index is 1160. The second-order valence-corrected chi connectivity index (χ2v) is 6.73. The number of hydrogen-bond acceptors (Lipinski definition) is 3. The summed E-state index contributed by atoms with van der Waals surface area (Å²) in [6, 6.07) is 15.9. The van der Waals surface area contributed by atoms with Gasteiger partial charge in [-0.3, -0.25) is 9.55 Å². The van der Waals surface area contributed by atoms with Gasteiger partial charge in [0, 0.05) is 34.2 Å². The Morgan fingerprint density at radius 1 is 1.04 bits per heavy atom. The number of aromatic nitrogens is 3. The predicted octanol–water partition coefficient (Wildman–Crippen LogP) is 5.28. The van der Waals surface area contributed by atoms with Gasteiger partial charge in [0.2, 0.25) is 5.95 Å². The molecule has 0 radical (unpaired) electrons. The summed E-state index contributed by atoms with van der Waals surface area (Å²) in [6.45, 7) is 0. The summed E-state index contributed by atoms with van der Waals surface area (Å²) in [6.07, 6.45) is 5.44. The maximum absolute atomic E-state index is 14.8. The lowest BCUT2D eigenvalue weighted by Crippen LogP contribution is -2.20. The zero-order valence-electron chi connectivity index (χ0n) is 14.1. The summed E-state index contributed by atoms with van der Waals surface area (Å²) in [5.74, 6) is 0.293. The van der Waals surface area contributed by atoms with E-state index in [0.29, 0.717) is 16.5 Å². The van der Waals surface area contributed by atoms with Gasteiger partial charge in [0.1, 0.15) is 5.82 Å². The van der Waals surface area contributed by atoms with Crippen molar-refractivity contribution in [3.63, 3.8) is 0 Å². The van der Waals surface area contributed by atoms with Gasteiger partial charge in [0.15, 0.2) is 0 Å². The van der Waals surface area contributed by atoms with Gasteiger partial charge in [-0.25, -0.2) is 9.37 Å². The smallest absolute Gasteiger partial charge is 0.209 e. The highest BCUT2D eigenvalue weighted by Gasteiger charge is 2.28. The molecule has 2 aromatic heterocycles. The zero-order chi connectivity index (χ0) is 18.4. The molecule has 4 aromatic rings. The lowest BCUT2D eigenvalue weighted by molar-refractivity contribution is 0.584. The van der Waals surface area contributed by atoms with Crippen LogP contribution in [0.5, 0.6) is 0 Å². The Labute approximate surface area is 160 Å². The summed E-state index contributed by atoms with van der Waals surface area (Å²) in [5.41, 5.74) is 3.87. The fraction of sp³-hybridized carbons (Fsp3) is 0.0476. The fourth-order valence-electron chi connectivity index (χ4n) is 3.50. The van der Waals surface area contributed by atoms with Crippen molar-refractivity contribution in [2.24, 2.45) is 0 Å². The molecule has 4 nitrogen and oxygen atoms in total. The second-order valence-electron chi connectivity index (χ2n) is 6.32. The van der Waals surface area contributed by atoms with E-state index in [1.165, 1.54) is 6.07 Å². The van der Waals surface area contributed by atoms with Gasteiger partial charge in [0.05, 0.1) is 17.1 Å². The van der Waals surface area contributed by atoms with Crippen molar-refractivity contribution >= 4 is 34.3 Å². The molecule has 0 saturated heterocycles. The minimum Gasteiger partial charge on any atom is -0.325 e. The highest BCUT2D eigenvalue weighted by Crippen LogP contribution is 2.39. The summed E-state index contributed by atoms with van der Waals surface area (Å²) in [5, 5.41) is 3.73. The molecule has 132 valence electrons. The highest BCUT2D eigenvalue weighted by molar-refractivity contribution is 6.31. The van der Waals surface area contributed by atoms with Gasteiger partial charge in [-0.2, -0.15) is 0 Å². The average molecular weight is 377 g/mol. The third kappa shape index (κ3) is 2.59. The van der Waals surface area contributed by atoms with Gasteiger partial charge in [-0.1, -0.05) is 29.8 Å². The number of allylic oxidation sites excluding steroid dienone is 1. The molecule has 1 unspecified atom stereocenters. The number of anilines is 1. The number of para-hydroxylation sites is 2. The van der Waals surface area contributed by atoms with Crippen LogP contribution in [0, 0.1) is 5.82 Å². The van der Waals surface area contributed by atoms with Crippen molar-refractivity contribution < 1.29 is 4.39 Å². The topological polar surface area (TPSA) is 42.7 Å². The summed E-state index contributed by atoms with van der Waals surface area (Å²) >= 11 is 6.41. The first-order valence-corrected chi connectivity index (χ1v) is 8.90. The quantitative estimate of drug-likeness (QED) is 0.517. The Morgan fingerprint density at radius 3 is 2.74 bits per heavy atom. The molecule has 1 atom stereocenters. The van der Waals surface area contributed by atoms with Gasteiger partial charge < -0.3 is 5.32 Å². The molecule has 27 heavy (non-hydrogen) atoms. The van der Waals surface area contributed by atoms with E-state index in [1.54, 1.807) is 24.5 Å². The first-order chi connectivity index (χ1) is 13.2. The number of pyridine rings is 1. The van der Waals surface area contributed by atoms with Crippen LogP contribution in [0.4, 0.5) is 10.3 Å². The molecular weight excluding hydrogens is 363 g/mol. The molecule has 2 aromatic carbocycles. The fourth-order valence-corrected chi connectivity index (χ4v) is 3.78. The second kappa shape index (κ2) is 6.21. The Balaban J connectivity index is 1.79. The number of nitrogens with zero attached hydrogens (tertiary/aromatic N) is 3. The molecule has 6 heteroatoms. The monoisotopic (exact) mass is 376 g/mol. The van der Waals surface area contributed by atoms with Crippen molar-refractivity contribution in [2.75, 3.05) is 5.32 Å². The standard InChI is InChI=1S/C21H14ClFN4/c22-14-6-3-7-15(23)20(14)19-11-17(13-5-4-10-24-12-13)26-21-25-16-8-1-2-9-18(16)27(19)21/h1-12,19H,(H,25,26). The Morgan fingerprint density at radius 2 is 1.93 bits per heavy atom. The molecule has 5 rings (SSSR count).